The van der Waals surface area contributed by atoms with Gasteiger partial charge in [0.05, 0.1) is 7.11 Å². The highest BCUT2D eigenvalue weighted by Crippen LogP contribution is 2.30. The number of carbonyl (C=O) groups excluding carboxylic acids is 2. The molecular formula is C23H17NO5. The number of cyclic esters (lactones) is 1. The Balaban J connectivity index is 1.66. The summed E-state index contributed by atoms with van der Waals surface area (Å²) >= 11 is 0. The van der Waals surface area contributed by atoms with E-state index in [4.69, 9.17) is 14.2 Å². The molecule has 3 aromatic rings. The molecule has 0 aromatic heterocycles. The molecule has 4 rings (SSSR count). The molecule has 0 atom stereocenters. The van der Waals surface area contributed by atoms with E-state index in [0.29, 0.717) is 17.1 Å². The van der Waals surface area contributed by atoms with E-state index < -0.39 is 11.9 Å². The van der Waals surface area contributed by atoms with Gasteiger partial charge in [-0.3, -0.25) is 4.79 Å². The second-order valence-electron chi connectivity index (χ2n) is 6.40. The molecule has 1 aliphatic rings. The van der Waals surface area contributed by atoms with Crippen molar-refractivity contribution in [3.63, 3.8) is 0 Å². The van der Waals surface area contributed by atoms with Crippen molar-refractivity contribution in [2.24, 2.45) is 4.99 Å². The average Bonchev–Trinajstić information content (AvgIpc) is 3.08. The van der Waals surface area contributed by atoms with Gasteiger partial charge in [0.1, 0.15) is 0 Å². The zero-order chi connectivity index (χ0) is 20.4. The maximum Gasteiger partial charge on any atom is 0.363 e. The highest BCUT2D eigenvalue weighted by Gasteiger charge is 2.24. The van der Waals surface area contributed by atoms with E-state index in [1.165, 1.54) is 14.0 Å². The number of methoxy groups -OCH3 is 1. The van der Waals surface area contributed by atoms with Gasteiger partial charge >= 0.3 is 11.9 Å². The lowest BCUT2D eigenvalue weighted by Gasteiger charge is -2.08. The Morgan fingerprint density at radius 1 is 1.00 bits per heavy atom. The van der Waals surface area contributed by atoms with Gasteiger partial charge in [-0.05, 0) is 46.7 Å². The van der Waals surface area contributed by atoms with Gasteiger partial charge < -0.3 is 14.2 Å². The average molecular weight is 387 g/mol. The zero-order valence-corrected chi connectivity index (χ0v) is 15.8. The van der Waals surface area contributed by atoms with Crippen LogP contribution < -0.4 is 9.47 Å². The van der Waals surface area contributed by atoms with Crippen molar-refractivity contribution in [3.8, 4) is 11.5 Å². The van der Waals surface area contributed by atoms with Crippen molar-refractivity contribution in [3.05, 3.63) is 77.5 Å². The van der Waals surface area contributed by atoms with Gasteiger partial charge in [0.25, 0.3) is 0 Å². The largest absolute Gasteiger partial charge is 0.493 e. The third-order valence-corrected chi connectivity index (χ3v) is 4.36. The minimum Gasteiger partial charge on any atom is -0.493 e. The summed E-state index contributed by atoms with van der Waals surface area (Å²) in [5.41, 5.74) is 1.56. The second-order valence-corrected chi connectivity index (χ2v) is 6.40. The minimum atomic E-state index is -0.531. The number of hydrogen-bond acceptors (Lipinski definition) is 6. The van der Waals surface area contributed by atoms with Gasteiger partial charge in [0.15, 0.2) is 17.2 Å². The van der Waals surface area contributed by atoms with Gasteiger partial charge in [0, 0.05) is 12.5 Å². The van der Waals surface area contributed by atoms with E-state index in [-0.39, 0.29) is 11.6 Å². The van der Waals surface area contributed by atoms with E-state index >= 15 is 0 Å². The number of fused-ring (bicyclic) bond motifs is 1. The lowest BCUT2D eigenvalue weighted by Crippen LogP contribution is -2.05. The molecule has 0 unspecified atom stereocenters. The number of hydrogen-bond donors (Lipinski definition) is 0. The van der Waals surface area contributed by atoms with E-state index in [9.17, 15) is 9.59 Å². The molecule has 29 heavy (non-hydrogen) atoms. The Hall–Kier alpha value is -3.93. The lowest BCUT2D eigenvalue weighted by atomic mass is 10.1. The topological polar surface area (TPSA) is 74.2 Å². The Morgan fingerprint density at radius 2 is 1.79 bits per heavy atom. The number of aliphatic imine (C=N–C) groups is 1. The fourth-order valence-corrected chi connectivity index (χ4v) is 3.03. The number of carbonyl (C=O) groups is 2. The predicted molar refractivity (Wildman–Crippen MR) is 109 cm³/mol. The first-order valence-electron chi connectivity index (χ1n) is 8.92. The van der Waals surface area contributed by atoms with Crippen LogP contribution in [-0.4, -0.2) is 24.9 Å². The normalized spacial score (nSPS) is 14.6. The summed E-state index contributed by atoms with van der Waals surface area (Å²) in [6, 6.07) is 18.6. The maximum absolute atomic E-state index is 12.3. The zero-order valence-electron chi connectivity index (χ0n) is 15.8. The van der Waals surface area contributed by atoms with E-state index in [2.05, 4.69) is 4.99 Å². The van der Waals surface area contributed by atoms with Crippen molar-refractivity contribution in [1.82, 2.24) is 0 Å². The van der Waals surface area contributed by atoms with Crippen LogP contribution in [0, 0.1) is 0 Å². The first kappa shape index (κ1) is 18.4. The van der Waals surface area contributed by atoms with Crippen LogP contribution in [0.3, 0.4) is 0 Å². The molecule has 0 amide bonds. The van der Waals surface area contributed by atoms with Crippen LogP contribution >= 0.6 is 0 Å². The maximum atomic E-state index is 12.3. The summed E-state index contributed by atoms with van der Waals surface area (Å²) < 4.78 is 15.7. The predicted octanol–water partition coefficient (Wildman–Crippen LogP) is 4.12. The van der Waals surface area contributed by atoms with E-state index in [1.807, 2.05) is 42.5 Å². The molecule has 0 N–H and O–H groups in total. The quantitative estimate of drug-likeness (QED) is 0.382. The summed E-state index contributed by atoms with van der Waals surface area (Å²) in [5, 5.41) is 2.13. The molecule has 6 heteroatoms. The smallest absolute Gasteiger partial charge is 0.363 e. The van der Waals surface area contributed by atoms with Gasteiger partial charge in [-0.25, -0.2) is 9.79 Å². The molecule has 0 radical (unpaired) electrons. The van der Waals surface area contributed by atoms with Crippen LogP contribution in [0.25, 0.3) is 16.8 Å². The monoisotopic (exact) mass is 387 g/mol. The van der Waals surface area contributed by atoms with Crippen LogP contribution in [0.5, 0.6) is 11.5 Å². The molecule has 0 fully saturated rings. The number of esters is 2. The molecular weight excluding hydrogens is 370 g/mol. The molecule has 0 bridgehead atoms. The third kappa shape index (κ3) is 3.87. The minimum absolute atomic E-state index is 0.176. The molecule has 144 valence electrons. The van der Waals surface area contributed by atoms with Crippen molar-refractivity contribution in [2.75, 3.05) is 7.11 Å². The van der Waals surface area contributed by atoms with Crippen molar-refractivity contribution in [2.45, 2.75) is 6.92 Å². The second kappa shape index (κ2) is 7.59. The molecule has 6 nitrogen and oxygen atoms in total. The number of ether oxygens (including phenoxy) is 3. The van der Waals surface area contributed by atoms with Crippen LogP contribution in [0.4, 0.5) is 0 Å². The summed E-state index contributed by atoms with van der Waals surface area (Å²) in [6.45, 7) is 1.31. The fourth-order valence-electron chi connectivity index (χ4n) is 3.03. The summed E-state index contributed by atoms with van der Waals surface area (Å²) in [6.07, 6.45) is 1.59. The molecule has 0 saturated heterocycles. The van der Waals surface area contributed by atoms with E-state index in [0.717, 1.165) is 16.3 Å². The Morgan fingerprint density at radius 3 is 2.55 bits per heavy atom. The number of rotatable bonds is 4. The van der Waals surface area contributed by atoms with Crippen LogP contribution in [0.2, 0.25) is 0 Å². The van der Waals surface area contributed by atoms with E-state index in [1.54, 1.807) is 24.3 Å². The van der Waals surface area contributed by atoms with Crippen molar-refractivity contribution < 1.29 is 23.8 Å². The first-order valence-corrected chi connectivity index (χ1v) is 8.92. The Labute approximate surface area is 167 Å². The third-order valence-electron chi connectivity index (χ3n) is 4.36. The Kier molecular flexibility index (Phi) is 4.83. The van der Waals surface area contributed by atoms with Gasteiger partial charge in [-0.1, -0.05) is 36.4 Å². The van der Waals surface area contributed by atoms with Gasteiger partial charge in [-0.15, -0.1) is 0 Å². The molecule has 0 saturated carbocycles. The molecule has 3 aromatic carbocycles. The first-order chi connectivity index (χ1) is 14.0. The number of benzene rings is 3. The highest BCUT2D eigenvalue weighted by atomic mass is 16.6. The molecule has 0 aliphatic carbocycles. The van der Waals surface area contributed by atoms with Crippen LogP contribution in [0.1, 0.15) is 18.1 Å². The van der Waals surface area contributed by atoms with Gasteiger partial charge in [0.2, 0.25) is 5.90 Å². The summed E-state index contributed by atoms with van der Waals surface area (Å²) in [7, 11) is 1.47. The van der Waals surface area contributed by atoms with Crippen LogP contribution in [0.15, 0.2) is 71.4 Å². The number of nitrogens with zero attached hydrogens (tertiary/aromatic N) is 1. The van der Waals surface area contributed by atoms with Crippen molar-refractivity contribution >= 4 is 34.7 Å². The molecule has 1 heterocycles. The molecule has 0 spiro atoms. The fraction of sp³-hybridized carbons (Fsp3) is 0.0870. The van der Waals surface area contributed by atoms with Crippen LogP contribution in [-0.2, 0) is 14.3 Å². The summed E-state index contributed by atoms with van der Waals surface area (Å²) in [5.74, 6) is -0.0405. The SMILES string of the molecule is COc1cc(/C=C2/N=C(c3ccc4ccccc4c3)OC2=O)ccc1OC(C)=O. The lowest BCUT2D eigenvalue weighted by molar-refractivity contribution is -0.132. The Bertz CT molecular complexity index is 1190. The standard InChI is InChI=1S/C23H17NO5/c1-14(25)28-20-10-7-15(12-21(20)27-2)11-19-23(26)29-22(24-19)18-9-8-16-5-3-4-6-17(16)13-18/h3-13H,1-2H3/b19-11+. The highest BCUT2D eigenvalue weighted by molar-refractivity contribution is 6.13. The van der Waals surface area contributed by atoms with Gasteiger partial charge in [-0.2, -0.15) is 0 Å². The molecule has 1 aliphatic heterocycles. The van der Waals surface area contributed by atoms with Crippen molar-refractivity contribution in [1.29, 1.82) is 0 Å². The summed E-state index contributed by atoms with van der Waals surface area (Å²) in [4.78, 5) is 27.8.